The van der Waals surface area contributed by atoms with E-state index in [1.54, 1.807) is 0 Å². The highest BCUT2D eigenvalue weighted by Crippen LogP contribution is 2.32. The highest BCUT2D eigenvalue weighted by Gasteiger charge is 2.36. The van der Waals surface area contributed by atoms with E-state index in [0.29, 0.717) is 16.3 Å². The molecule has 1 N–H and O–H groups in total. The third kappa shape index (κ3) is 3.48. The number of rotatable bonds is 4. The number of aromatic nitrogens is 2. The number of hydrogen-bond acceptors (Lipinski definition) is 3. The zero-order valence-corrected chi connectivity index (χ0v) is 10.3. The van der Waals surface area contributed by atoms with Gasteiger partial charge in [-0.2, -0.15) is 27.1 Å². The fourth-order valence-electron chi connectivity index (χ4n) is 1.61. The summed E-state index contributed by atoms with van der Waals surface area (Å²) in [4.78, 5) is 0. The minimum Gasteiger partial charge on any atom is -0.417 e. The smallest absolute Gasteiger partial charge is 0.417 e. The van der Waals surface area contributed by atoms with Crippen molar-refractivity contribution in [2.75, 3.05) is 0 Å². The maximum atomic E-state index is 12.6. The second kappa shape index (κ2) is 5.68. The van der Waals surface area contributed by atoms with Gasteiger partial charge in [-0.1, -0.05) is 12.1 Å². The van der Waals surface area contributed by atoms with Crippen molar-refractivity contribution in [1.29, 1.82) is 0 Å². The quantitative estimate of drug-likeness (QED) is 0.883. The van der Waals surface area contributed by atoms with E-state index in [9.17, 15) is 22.0 Å². The Kier molecular flexibility index (Phi) is 4.12. The van der Waals surface area contributed by atoms with Crippen LogP contribution in [-0.4, -0.2) is 21.5 Å². The Morgan fingerprint density at radius 2 is 1.81 bits per heavy atom. The molecule has 0 aliphatic heterocycles. The molecule has 9 heteroatoms. The Morgan fingerprint density at radius 3 is 2.29 bits per heavy atom. The molecule has 0 bridgehead atoms. The van der Waals surface area contributed by atoms with E-state index in [2.05, 4.69) is 9.84 Å². The molecule has 0 unspecified atom stereocenters. The lowest BCUT2D eigenvalue weighted by atomic mass is 10.2. The van der Waals surface area contributed by atoms with Crippen molar-refractivity contribution in [3.63, 3.8) is 0 Å². The van der Waals surface area contributed by atoms with Gasteiger partial charge in [-0.3, -0.25) is 0 Å². The van der Waals surface area contributed by atoms with E-state index in [1.807, 2.05) is 0 Å². The zero-order valence-electron chi connectivity index (χ0n) is 10.3. The number of hydrogen-bond donors (Lipinski definition) is 1. The molecule has 1 aromatic heterocycles. The molecule has 0 aliphatic carbocycles. The summed E-state index contributed by atoms with van der Waals surface area (Å²) in [5, 5.41) is 12.1. The number of aliphatic hydroxyl groups is 1. The highest BCUT2D eigenvalue weighted by atomic mass is 19.4. The van der Waals surface area contributed by atoms with Crippen LogP contribution < -0.4 is 4.74 Å². The highest BCUT2D eigenvalue weighted by molar-refractivity contribution is 5.38. The van der Waals surface area contributed by atoms with Crippen LogP contribution in [0.2, 0.25) is 0 Å². The minimum absolute atomic E-state index is 0.0957. The van der Waals surface area contributed by atoms with E-state index < -0.39 is 24.4 Å². The first kappa shape index (κ1) is 15.2. The number of ether oxygens (including phenoxy) is 1. The Bertz CT molecular complexity index is 607. The molecule has 2 aromatic rings. The predicted octanol–water partition coefficient (Wildman–Crippen LogP) is 2.98. The molecule has 2 rings (SSSR count). The van der Waals surface area contributed by atoms with E-state index in [1.165, 1.54) is 24.3 Å². The Hall–Kier alpha value is -2.16. The van der Waals surface area contributed by atoms with Crippen molar-refractivity contribution in [2.45, 2.75) is 19.4 Å². The van der Waals surface area contributed by atoms with Gasteiger partial charge in [-0.05, 0) is 17.7 Å². The van der Waals surface area contributed by atoms with Gasteiger partial charge < -0.3 is 9.84 Å². The Morgan fingerprint density at radius 1 is 1.19 bits per heavy atom. The van der Waals surface area contributed by atoms with E-state index >= 15 is 0 Å². The van der Waals surface area contributed by atoms with Crippen molar-refractivity contribution < 1.29 is 31.8 Å². The number of aliphatic hydroxyl groups excluding tert-OH is 1. The average Bonchev–Trinajstić information content (AvgIpc) is 2.82. The van der Waals surface area contributed by atoms with E-state index in [-0.39, 0.29) is 12.3 Å². The summed E-state index contributed by atoms with van der Waals surface area (Å²) in [5.74, 6) is -0.728. The molecule has 21 heavy (non-hydrogen) atoms. The zero-order chi connectivity index (χ0) is 15.6. The maximum Gasteiger partial charge on any atom is 0.435 e. The second-order valence-electron chi connectivity index (χ2n) is 3.98. The topological polar surface area (TPSA) is 47.3 Å². The van der Waals surface area contributed by atoms with Gasteiger partial charge in [0, 0.05) is 6.07 Å². The van der Waals surface area contributed by atoms with Crippen molar-refractivity contribution in [3.05, 3.63) is 41.6 Å². The van der Waals surface area contributed by atoms with Crippen LogP contribution in [0, 0.1) is 0 Å². The van der Waals surface area contributed by atoms with Gasteiger partial charge in [0.25, 0.3) is 0 Å². The van der Waals surface area contributed by atoms with Gasteiger partial charge in [0.2, 0.25) is 5.88 Å². The van der Waals surface area contributed by atoms with Crippen molar-refractivity contribution in [3.8, 4) is 11.6 Å². The summed E-state index contributed by atoms with van der Waals surface area (Å²) in [5.41, 5.74) is -0.735. The Balaban J connectivity index is 2.46. The summed E-state index contributed by atoms with van der Waals surface area (Å²) >= 11 is 0. The fraction of sp³-hybridized carbons (Fsp3) is 0.250. The molecule has 0 aliphatic rings. The average molecular weight is 308 g/mol. The van der Waals surface area contributed by atoms with Crippen LogP contribution in [-0.2, 0) is 12.8 Å². The SMILES string of the molecule is OCc1ccc(-n2nc(C(F)(F)F)cc2OC(F)F)cc1. The molecule has 0 saturated carbocycles. The summed E-state index contributed by atoms with van der Waals surface area (Å²) < 4.78 is 67.0. The molecule has 1 heterocycles. The molecule has 4 nitrogen and oxygen atoms in total. The molecule has 0 spiro atoms. The molecule has 0 saturated heterocycles. The maximum absolute atomic E-state index is 12.6. The van der Waals surface area contributed by atoms with Crippen molar-refractivity contribution in [2.24, 2.45) is 0 Å². The summed E-state index contributed by atoms with van der Waals surface area (Å²) in [6.07, 6.45) is -4.78. The molecule has 0 fully saturated rings. The minimum atomic E-state index is -4.78. The van der Waals surface area contributed by atoms with Gasteiger partial charge >= 0.3 is 12.8 Å². The lowest BCUT2D eigenvalue weighted by Crippen LogP contribution is -2.09. The fourth-order valence-corrected chi connectivity index (χ4v) is 1.61. The molecule has 114 valence electrons. The van der Waals surface area contributed by atoms with Crippen molar-refractivity contribution in [1.82, 2.24) is 9.78 Å². The number of benzene rings is 1. The largest absolute Gasteiger partial charge is 0.435 e. The molecule has 0 atom stereocenters. The van der Waals surface area contributed by atoms with E-state index in [4.69, 9.17) is 5.11 Å². The van der Waals surface area contributed by atoms with Crippen LogP contribution in [0.3, 0.4) is 0 Å². The van der Waals surface area contributed by atoms with Gasteiger partial charge in [-0.15, -0.1) is 0 Å². The molecule has 0 amide bonds. The molecule has 1 aromatic carbocycles. The summed E-state index contributed by atoms with van der Waals surface area (Å²) in [7, 11) is 0. The monoisotopic (exact) mass is 308 g/mol. The van der Waals surface area contributed by atoms with Gasteiger partial charge in [0.15, 0.2) is 5.69 Å². The van der Waals surface area contributed by atoms with E-state index in [0.717, 1.165) is 0 Å². The first-order chi connectivity index (χ1) is 9.81. The molecular formula is C12H9F5N2O2. The standard InChI is InChI=1S/C12H9F5N2O2/c13-11(14)21-10-5-9(12(15,16)17)18-19(10)8-3-1-7(6-20)2-4-8/h1-5,11,20H,6H2. The second-order valence-corrected chi connectivity index (χ2v) is 3.98. The van der Waals surface area contributed by atoms with Gasteiger partial charge in [0.05, 0.1) is 12.3 Å². The first-order valence-electron chi connectivity index (χ1n) is 5.63. The molecular weight excluding hydrogens is 299 g/mol. The van der Waals surface area contributed by atoms with Crippen LogP contribution in [0.1, 0.15) is 11.3 Å². The lowest BCUT2D eigenvalue weighted by Gasteiger charge is -2.08. The van der Waals surface area contributed by atoms with Gasteiger partial charge in [0.1, 0.15) is 0 Å². The first-order valence-corrected chi connectivity index (χ1v) is 5.63. The number of nitrogens with zero attached hydrogens (tertiary/aromatic N) is 2. The number of halogens is 5. The summed E-state index contributed by atoms with van der Waals surface area (Å²) in [6, 6.07) is 5.91. The normalized spacial score (nSPS) is 12.0. The van der Waals surface area contributed by atoms with Crippen LogP contribution in [0.15, 0.2) is 30.3 Å². The van der Waals surface area contributed by atoms with Crippen LogP contribution in [0.4, 0.5) is 22.0 Å². The third-order valence-electron chi connectivity index (χ3n) is 2.54. The number of alkyl halides is 5. The van der Waals surface area contributed by atoms with Gasteiger partial charge in [-0.25, -0.2) is 4.68 Å². The van der Waals surface area contributed by atoms with Crippen LogP contribution in [0.25, 0.3) is 5.69 Å². The predicted molar refractivity (Wildman–Crippen MR) is 61.1 cm³/mol. The van der Waals surface area contributed by atoms with Crippen molar-refractivity contribution >= 4 is 0 Å². The molecule has 0 radical (unpaired) electrons. The lowest BCUT2D eigenvalue weighted by molar-refractivity contribution is -0.141. The van der Waals surface area contributed by atoms with Crippen LogP contribution in [0.5, 0.6) is 5.88 Å². The summed E-state index contributed by atoms with van der Waals surface area (Å²) in [6.45, 7) is -3.54. The third-order valence-corrected chi connectivity index (χ3v) is 2.54. The Labute approximate surface area is 115 Å². The van der Waals surface area contributed by atoms with Crippen LogP contribution >= 0.6 is 0 Å².